The number of thioether (sulfide) groups is 1. The van der Waals surface area contributed by atoms with Gasteiger partial charge in [-0.05, 0) is 12.8 Å². The SMILES string of the molecule is CC(=O)NC1[C@@H](OCCOCCCCCSC(C)=O)OC(CO)[C@H](O)[C@@H]1O[C@@H]1OC(COC(C)=O)[C@H](OC(C)=O)[C@H](OC(C)=O)C1OC(C)=O. The molecule has 0 spiro atoms. The van der Waals surface area contributed by atoms with Crippen molar-refractivity contribution in [3.63, 3.8) is 0 Å². The zero-order valence-electron chi connectivity index (χ0n) is 29.1. The summed E-state index contributed by atoms with van der Waals surface area (Å²) in [5.41, 5.74) is 0. The Labute approximate surface area is 294 Å². The number of esters is 4. The summed E-state index contributed by atoms with van der Waals surface area (Å²) in [4.78, 5) is 71.6. The molecule has 0 bridgehead atoms. The Balaban J connectivity index is 2.32. The summed E-state index contributed by atoms with van der Waals surface area (Å²) in [5, 5.41) is 24.0. The fraction of sp³-hybridized carbons (Fsp3) is 0.806. The highest BCUT2D eigenvalue weighted by Gasteiger charge is 2.56. The maximum absolute atomic E-state index is 12.3. The minimum atomic E-state index is -1.71. The smallest absolute Gasteiger partial charge is 0.303 e. The second-order valence-corrected chi connectivity index (χ2v) is 12.8. The van der Waals surface area contributed by atoms with Crippen LogP contribution in [0.5, 0.6) is 0 Å². The van der Waals surface area contributed by atoms with Crippen molar-refractivity contribution in [1.82, 2.24) is 5.32 Å². The van der Waals surface area contributed by atoms with Crippen LogP contribution in [0.25, 0.3) is 0 Å². The molecule has 19 heteroatoms. The van der Waals surface area contributed by atoms with Gasteiger partial charge < -0.3 is 58.2 Å². The molecule has 4 unspecified atom stereocenters. The lowest BCUT2D eigenvalue weighted by Crippen LogP contribution is -2.69. The molecule has 2 saturated heterocycles. The lowest BCUT2D eigenvalue weighted by Gasteiger charge is -2.48. The van der Waals surface area contributed by atoms with Gasteiger partial charge in [-0.15, -0.1) is 0 Å². The summed E-state index contributed by atoms with van der Waals surface area (Å²) >= 11 is 1.27. The van der Waals surface area contributed by atoms with Crippen LogP contribution in [-0.2, 0) is 71.4 Å². The molecule has 3 N–H and O–H groups in total. The summed E-state index contributed by atoms with van der Waals surface area (Å²) in [6.07, 6.45) is -10.9. The van der Waals surface area contributed by atoms with Crippen LogP contribution in [0.3, 0.4) is 0 Å². The average Bonchev–Trinajstić information content (AvgIpc) is 3.01. The largest absolute Gasteiger partial charge is 0.463 e. The van der Waals surface area contributed by atoms with Crippen LogP contribution in [-0.4, -0.2) is 145 Å². The van der Waals surface area contributed by atoms with Gasteiger partial charge in [-0.3, -0.25) is 28.8 Å². The van der Waals surface area contributed by atoms with Gasteiger partial charge in [0.2, 0.25) is 5.91 Å². The second-order valence-electron chi connectivity index (χ2n) is 11.5. The maximum atomic E-state index is 12.3. The van der Waals surface area contributed by atoms with Gasteiger partial charge in [-0.2, -0.15) is 0 Å². The van der Waals surface area contributed by atoms with E-state index in [1.54, 1.807) is 0 Å². The van der Waals surface area contributed by atoms with Gasteiger partial charge in [-0.1, -0.05) is 18.2 Å². The van der Waals surface area contributed by atoms with E-state index in [4.69, 9.17) is 42.6 Å². The topological polar surface area (TPSA) is 238 Å². The van der Waals surface area contributed by atoms with Gasteiger partial charge in [0.05, 0.1) is 19.8 Å². The molecule has 1 amide bonds. The van der Waals surface area contributed by atoms with E-state index >= 15 is 0 Å². The number of hydrogen-bond donors (Lipinski definition) is 3. The minimum Gasteiger partial charge on any atom is -0.463 e. The number of rotatable bonds is 19. The number of ether oxygens (including phenoxy) is 9. The predicted molar refractivity (Wildman–Crippen MR) is 170 cm³/mol. The Morgan fingerprint density at radius 2 is 1.32 bits per heavy atom. The number of aliphatic hydroxyl groups is 2. The van der Waals surface area contributed by atoms with Crippen molar-refractivity contribution in [1.29, 1.82) is 0 Å². The van der Waals surface area contributed by atoms with Gasteiger partial charge >= 0.3 is 23.9 Å². The number of hydrogen-bond acceptors (Lipinski definition) is 18. The Morgan fingerprint density at radius 3 is 1.90 bits per heavy atom. The van der Waals surface area contributed by atoms with E-state index in [0.717, 1.165) is 52.7 Å². The lowest BCUT2D eigenvalue weighted by atomic mass is 9.95. The molecule has 0 aliphatic carbocycles. The summed E-state index contributed by atoms with van der Waals surface area (Å²) in [7, 11) is 0. The van der Waals surface area contributed by atoms with Gasteiger partial charge in [0.25, 0.3) is 0 Å². The number of carbonyl (C=O) groups is 6. The third-order valence-electron chi connectivity index (χ3n) is 7.21. The molecular weight excluding hydrogens is 690 g/mol. The molecule has 0 aromatic heterocycles. The Morgan fingerprint density at radius 1 is 0.700 bits per heavy atom. The van der Waals surface area contributed by atoms with Crippen LogP contribution >= 0.6 is 11.8 Å². The zero-order valence-corrected chi connectivity index (χ0v) is 29.9. The third kappa shape index (κ3) is 14.7. The normalized spacial score (nSPS) is 29.4. The van der Waals surface area contributed by atoms with Crippen molar-refractivity contribution < 1.29 is 81.6 Å². The van der Waals surface area contributed by atoms with Crippen molar-refractivity contribution in [3.8, 4) is 0 Å². The van der Waals surface area contributed by atoms with Crippen LogP contribution in [0.4, 0.5) is 0 Å². The molecule has 18 nitrogen and oxygen atoms in total. The van der Waals surface area contributed by atoms with E-state index in [2.05, 4.69) is 5.32 Å². The first-order valence-corrected chi connectivity index (χ1v) is 17.1. The first kappa shape index (κ1) is 43.3. The van der Waals surface area contributed by atoms with Crippen molar-refractivity contribution in [2.24, 2.45) is 0 Å². The standard InChI is InChI=1S/C31H49NO17S/c1-16(34)32-24-27(25(40)22(14-33)47-30(24)42-12-11-41-10-8-7-9-13-50-21(6)39)49-31-29(46-20(5)38)28(45-19(4)37)26(44-18(3)36)23(48-31)15-43-17(2)35/h22-31,33,40H,7-15H2,1-6H3,(H,32,34)/t22?,23?,24?,25-,26-,27+,28-,29?,30-,31-/m0/s1. The average molecular weight is 740 g/mol. The minimum absolute atomic E-state index is 0.0268. The second kappa shape index (κ2) is 22.1. The highest BCUT2D eigenvalue weighted by atomic mass is 32.2. The molecule has 286 valence electrons. The van der Waals surface area contributed by atoms with Crippen LogP contribution in [0.15, 0.2) is 0 Å². The van der Waals surface area contributed by atoms with E-state index in [9.17, 15) is 39.0 Å². The first-order chi connectivity index (χ1) is 23.6. The van der Waals surface area contributed by atoms with Gasteiger partial charge in [0.1, 0.15) is 37.1 Å². The highest BCUT2D eigenvalue weighted by molar-refractivity contribution is 8.13. The van der Waals surface area contributed by atoms with Crippen molar-refractivity contribution >= 4 is 46.7 Å². The maximum Gasteiger partial charge on any atom is 0.303 e. The molecule has 2 fully saturated rings. The van der Waals surface area contributed by atoms with Crippen molar-refractivity contribution in [2.45, 2.75) is 122 Å². The number of nitrogens with one attached hydrogen (secondary N) is 1. The Bertz CT molecular complexity index is 1140. The molecule has 0 aromatic carbocycles. The molecule has 2 rings (SSSR count). The van der Waals surface area contributed by atoms with Crippen LogP contribution in [0, 0.1) is 0 Å². The number of unbranched alkanes of at least 4 members (excludes halogenated alkanes) is 2. The lowest BCUT2D eigenvalue weighted by molar-refractivity contribution is -0.347. The fourth-order valence-electron chi connectivity index (χ4n) is 5.24. The monoisotopic (exact) mass is 739 g/mol. The molecule has 2 heterocycles. The van der Waals surface area contributed by atoms with Crippen molar-refractivity contribution in [3.05, 3.63) is 0 Å². The molecule has 0 radical (unpaired) electrons. The van der Waals surface area contributed by atoms with Crippen molar-refractivity contribution in [2.75, 3.05) is 38.8 Å². The molecule has 10 atom stereocenters. The molecule has 0 aromatic rings. The summed E-state index contributed by atoms with van der Waals surface area (Å²) in [5.74, 6) is -3.12. The van der Waals surface area contributed by atoms with Gasteiger partial charge in [-0.25, -0.2) is 0 Å². The summed E-state index contributed by atoms with van der Waals surface area (Å²) in [6.45, 7) is 6.34. The van der Waals surface area contributed by atoms with Crippen LogP contribution < -0.4 is 5.32 Å². The number of amides is 1. The highest BCUT2D eigenvalue weighted by Crippen LogP contribution is 2.33. The summed E-state index contributed by atoms with van der Waals surface area (Å²) < 4.78 is 50.8. The Hall–Kier alpha value is -2.91. The van der Waals surface area contributed by atoms with E-state index in [-0.39, 0.29) is 18.3 Å². The molecule has 50 heavy (non-hydrogen) atoms. The Kier molecular flexibility index (Phi) is 19.1. The van der Waals surface area contributed by atoms with Crippen LogP contribution in [0.1, 0.15) is 60.8 Å². The number of aliphatic hydroxyl groups excluding tert-OH is 2. The third-order valence-corrected chi connectivity index (χ3v) is 8.11. The molecule has 2 aliphatic heterocycles. The molecule has 0 saturated carbocycles. The van der Waals surface area contributed by atoms with E-state index in [0.29, 0.717) is 6.61 Å². The van der Waals surface area contributed by atoms with Gasteiger partial charge in [0.15, 0.2) is 36.0 Å². The molecular formula is C31H49NO17S. The van der Waals surface area contributed by atoms with Gasteiger partial charge in [0, 0.05) is 53.9 Å². The van der Waals surface area contributed by atoms with E-state index < -0.39 is 104 Å². The van der Waals surface area contributed by atoms with Crippen LogP contribution in [0.2, 0.25) is 0 Å². The predicted octanol–water partition coefficient (Wildman–Crippen LogP) is -0.479. The van der Waals surface area contributed by atoms with E-state index in [1.807, 2.05) is 0 Å². The number of carbonyl (C=O) groups excluding carboxylic acids is 6. The zero-order chi connectivity index (χ0) is 37.4. The molecule has 2 aliphatic rings. The fourth-order valence-corrected chi connectivity index (χ4v) is 5.87. The summed E-state index contributed by atoms with van der Waals surface area (Å²) in [6, 6.07) is -1.25. The van der Waals surface area contributed by atoms with E-state index in [1.165, 1.54) is 25.6 Å². The first-order valence-electron chi connectivity index (χ1n) is 16.1. The quantitative estimate of drug-likeness (QED) is 0.0861.